The number of hydrazone groups is 1. The molecule has 3 aromatic carbocycles. The molecule has 4 nitrogen and oxygen atoms in total. The minimum absolute atomic E-state index is 0.205. The number of rotatable bonds is 9. The van der Waals surface area contributed by atoms with Crippen LogP contribution in [0.5, 0.6) is 5.75 Å². The summed E-state index contributed by atoms with van der Waals surface area (Å²) in [6, 6.07) is 20.3. The Balaban J connectivity index is 1.41. The zero-order chi connectivity index (χ0) is 22.1. The van der Waals surface area contributed by atoms with E-state index in [9.17, 15) is 4.79 Å². The Labute approximate surface area is 200 Å². The predicted octanol–water partition coefficient (Wildman–Crippen LogP) is 6.61. The maximum Gasteiger partial charge on any atom is 0.250 e. The molecule has 1 N–H and O–H groups in total. The maximum atomic E-state index is 12.0. The quantitative estimate of drug-likeness (QED) is 0.269. The van der Waals surface area contributed by atoms with Gasteiger partial charge in [-0.25, -0.2) is 5.43 Å². The van der Waals surface area contributed by atoms with Crippen LogP contribution in [0.15, 0.2) is 71.8 Å². The van der Waals surface area contributed by atoms with E-state index in [2.05, 4.69) is 10.5 Å². The van der Waals surface area contributed by atoms with E-state index in [-0.39, 0.29) is 11.7 Å². The number of benzene rings is 3. The SMILES string of the molecule is O=C(CSCc1c(Cl)cccc1Cl)N/N=C\c1ccc(OCc2ccccc2Cl)cc1. The summed E-state index contributed by atoms with van der Waals surface area (Å²) in [5.74, 6) is 1.30. The molecule has 160 valence electrons. The second kappa shape index (κ2) is 12.0. The summed E-state index contributed by atoms with van der Waals surface area (Å²) in [7, 11) is 0. The van der Waals surface area contributed by atoms with Crippen LogP contribution in [-0.2, 0) is 17.2 Å². The number of nitrogens with one attached hydrogen (secondary N) is 1. The summed E-state index contributed by atoms with van der Waals surface area (Å²) < 4.78 is 5.75. The van der Waals surface area contributed by atoms with Gasteiger partial charge in [0.05, 0.1) is 12.0 Å². The molecular weight excluding hydrogens is 475 g/mol. The van der Waals surface area contributed by atoms with E-state index in [4.69, 9.17) is 39.5 Å². The highest BCUT2D eigenvalue weighted by atomic mass is 35.5. The van der Waals surface area contributed by atoms with Gasteiger partial charge in [-0.1, -0.05) is 59.1 Å². The van der Waals surface area contributed by atoms with Crippen LogP contribution in [0.2, 0.25) is 15.1 Å². The molecule has 0 radical (unpaired) electrons. The number of hydrogen-bond donors (Lipinski definition) is 1. The Morgan fingerprint density at radius 3 is 2.32 bits per heavy atom. The number of carbonyl (C=O) groups is 1. The van der Waals surface area contributed by atoms with Gasteiger partial charge in [-0.05, 0) is 53.6 Å². The third-order valence-corrected chi connectivity index (χ3v) is 6.21. The van der Waals surface area contributed by atoms with Crippen molar-refractivity contribution >= 4 is 58.7 Å². The largest absolute Gasteiger partial charge is 0.489 e. The third-order valence-electron chi connectivity index (χ3n) is 4.18. The Kier molecular flexibility index (Phi) is 9.10. The average molecular weight is 494 g/mol. The number of thioether (sulfide) groups is 1. The van der Waals surface area contributed by atoms with Crippen molar-refractivity contribution in [3.8, 4) is 5.75 Å². The van der Waals surface area contributed by atoms with Crippen LogP contribution in [0, 0.1) is 0 Å². The summed E-state index contributed by atoms with van der Waals surface area (Å²) in [6.07, 6.45) is 1.57. The molecule has 0 aliphatic heterocycles. The molecule has 0 aliphatic carbocycles. The minimum Gasteiger partial charge on any atom is -0.489 e. The van der Waals surface area contributed by atoms with E-state index in [1.807, 2.05) is 48.5 Å². The van der Waals surface area contributed by atoms with Crippen molar-refractivity contribution in [2.24, 2.45) is 5.10 Å². The molecule has 8 heteroatoms. The molecule has 0 fully saturated rings. The highest BCUT2D eigenvalue weighted by molar-refractivity contribution is 7.99. The molecule has 0 atom stereocenters. The van der Waals surface area contributed by atoms with Crippen molar-refractivity contribution in [3.05, 3.63) is 98.5 Å². The molecule has 31 heavy (non-hydrogen) atoms. The Morgan fingerprint density at radius 2 is 1.61 bits per heavy atom. The average Bonchev–Trinajstić information content (AvgIpc) is 2.76. The van der Waals surface area contributed by atoms with Crippen LogP contribution in [0.4, 0.5) is 0 Å². The van der Waals surface area contributed by atoms with Crippen LogP contribution in [-0.4, -0.2) is 17.9 Å². The summed E-state index contributed by atoms with van der Waals surface area (Å²) in [5.41, 5.74) is 5.09. The molecule has 3 aromatic rings. The summed E-state index contributed by atoms with van der Waals surface area (Å²) in [4.78, 5) is 12.0. The lowest BCUT2D eigenvalue weighted by Gasteiger charge is -2.07. The van der Waals surface area contributed by atoms with Gasteiger partial charge in [0.2, 0.25) is 5.91 Å². The summed E-state index contributed by atoms with van der Waals surface area (Å²) in [5, 5.41) is 5.86. The highest BCUT2D eigenvalue weighted by Crippen LogP contribution is 2.28. The zero-order valence-electron chi connectivity index (χ0n) is 16.4. The van der Waals surface area contributed by atoms with Crippen LogP contribution >= 0.6 is 46.6 Å². The van der Waals surface area contributed by atoms with Gasteiger partial charge in [0, 0.05) is 26.4 Å². The topological polar surface area (TPSA) is 50.7 Å². The molecular formula is C23H19Cl3N2O2S. The van der Waals surface area contributed by atoms with Crippen molar-refractivity contribution in [2.75, 3.05) is 5.75 Å². The Bertz CT molecular complexity index is 1040. The molecule has 0 spiro atoms. The van der Waals surface area contributed by atoms with E-state index in [0.29, 0.717) is 27.4 Å². The molecule has 3 rings (SSSR count). The maximum absolute atomic E-state index is 12.0. The number of halogens is 3. The van der Waals surface area contributed by atoms with Gasteiger partial charge in [-0.3, -0.25) is 4.79 Å². The Morgan fingerprint density at radius 1 is 0.935 bits per heavy atom. The van der Waals surface area contributed by atoms with Crippen LogP contribution in [0.1, 0.15) is 16.7 Å². The van der Waals surface area contributed by atoms with Gasteiger partial charge in [-0.15, -0.1) is 11.8 Å². The molecule has 0 unspecified atom stereocenters. The zero-order valence-corrected chi connectivity index (χ0v) is 19.4. The fraction of sp³-hybridized carbons (Fsp3) is 0.130. The summed E-state index contributed by atoms with van der Waals surface area (Å²) >= 11 is 19.8. The summed E-state index contributed by atoms with van der Waals surface area (Å²) in [6.45, 7) is 0.389. The second-order valence-corrected chi connectivity index (χ2v) is 8.64. The molecule has 0 aromatic heterocycles. The third kappa shape index (κ3) is 7.47. The van der Waals surface area contributed by atoms with Crippen LogP contribution < -0.4 is 10.2 Å². The number of amides is 1. The number of ether oxygens (including phenoxy) is 1. The van der Waals surface area contributed by atoms with E-state index in [1.165, 1.54) is 11.8 Å². The number of hydrogen-bond acceptors (Lipinski definition) is 4. The van der Waals surface area contributed by atoms with E-state index in [0.717, 1.165) is 22.4 Å². The molecule has 0 aliphatic rings. The van der Waals surface area contributed by atoms with Crippen molar-refractivity contribution in [1.29, 1.82) is 0 Å². The first-order chi connectivity index (χ1) is 15.0. The standard InChI is InChI=1S/C23H19Cl3N2O2S/c24-20-5-2-1-4-17(20)13-30-18-10-8-16(9-11-18)12-27-28-23(29)15-31-14-19-21(25)6-3-7-22(19)26/h1-12H,13-15H2,(H,28,29)/b27-12-. The lowest BCUT2D eigenvalue weighted by Crippen LogP contribution is -2.19. The van der Waals surface area contributed by atoms with Gasteiger partial charge in [-0.2, -0.15) is 5.10 Å². The monoisotopic (exact) mass is 492 g/mol. The first-order valence-electron chi connectivity index (χ1n) is 9.32. The van der Waals surface area contributed by atoms with Gasteiger partial charge >= 0.3 is 0 Å². The van der Waals surface area contributed by atoms with Crippen molar-refractivity contribution in [2.45, 2.75) is 12.4 Å². The van der Waals surface area contributed by atoms with Gasteiger partial charge in [0.25, 0.3) is 0 Å². The Hall–Kier alpha value is -2.18. The molecule has 0 saturated carbocycles. The second-order valence-electron chi connectivity index (χ2n) is 6.44. The molecule has 0 bridgehead atoms. The first kappa shape index (κ1) is 23.5. The van der Waals surface area contributed by atoms with Gasteiger partial charge < -0.3 is 4.74 Å². The van der Waals surface area contributed by atoms with Gasteiger partial charge in [0.15, 0.2) is 0 Å². The van der Waals surface area contributed by atoms with Crippen LogP contribution in [0.25, 0.3) is 0 Å². The molecule has 0 heterocycles. The number of carbonyl (C=O) groups excluding carboxylic acids is 1. The van der Waals surface area contributed by atoms with Crippen molar-refractivity contribution in [3.63, 3.8) is 0 Å². The van der Waals surface area contributed by atoms with Crippen LogP contribution in [0.3, 0.4) is 0 Å². The fourth-order valence-electron chi connectivity index (χ4n) is 2.55. The molecule has 1 amide bonds. The smallest absolute Gasteiger partial charge is 0.250 e. The van der Waals surface area contributed by atoms with Crippen molar-refractivity contribution < 1.29 is 9.53 Å². The van der Waals surface area contributed by atoms with Gasteiger partial charge in [0.1, 0.15) is 12.4 Å². The minimum atomic E-state index is -0.205. The fourth-order valence-corrected chi connectivity index (χ4v) is 4.30. The number of nitrogens with zero attached hydrogens (tertiary/aromatic N) is 1. The van der Waals surface area contributed by atoms with Crippen molar-refractivity contribution in [1.82, 2.24) is 5.43 Å². The van der Waals surface area contributed by atoms with E-state index in [1.54, 1.807) is 24.4 Å². The highest BCUT2D eigenvalue weighted by Gasteiger charge is 2.07. The normalized spacial score (nSPS) is 10.9. The first-order valence-corrected chi connectivity index (χ1v) is 11.6. The van der Waals surface area contributed by atoms with E-state index < -0.39 is 0 Å². The lowest BCUT2D eigenvalue weighted by molar-refractivity contribution is -0.118. The predicted molar refractivity (Wildman–Crippen MR) is 131 cm³/mol. The molecule has 0 saturated heterocycles. The lowest BCUT2D eigenvalue weighted by atomic mass is 10.2. The van der Waals surface area contributed by atoms with E-state index >= 15 is 0 Å².